The van der Waals surface area contributed by atoms with E-state index in [0.717, 1.165) is 29.4 Å². The van der Waals surface area contributed by atoms with Gasteiger partial charge in [0.05, 0.1) is 36.2 Å². The van der Waals surface area contributed by atoms with Crippen LogP contribution in [0.2, 0.25) is 0 Å². The van der Waals surface area contributed by atoms with Crippen molar-refractivity contribution >= 4 is 27.5 Å². The van der Waals surface area contributed by atoms with Crippen molar-refractivity contribution in [2.45, 2.75) is 64.3 Å². The third-order valence-electron chi connectivity index (χ3n) is 8.64. The molecule has 4 aromatic rings. The minimum absolute atomic E-state index is 0.0274. The number of carbonyl (C=O) groups is 1. The minimum Gasteiger partial charge on any atom is -0.496 e. The van der Waals surface area contributed by atoms with E-state index in [4.69, 9.17) is 13.9 Å². The molecule has 10 nitrogen and oxygen atoms in total. The van der Waals surface area contributed by atoms with Crippen LogP contribution in [0.25, 0.3) is 21.0 Å². The maximum atomic E-state index is 14.2. The molecule has 0 aliphatic heterocycles. The summed E-state index contributed by atoms with van der Waals surface area (Å²) in [6.45, 7) is 4.50. The molecule has 6 rings (SSSR count). The number of carboxylic acids is 1. The quantitative estimate of drug-likeness (QED) is 0.266. The van der Waals surface area contributed by atoms with Crippen LogP contribution in [0.15, 0.2) is 62.9 Å². The number of rotatable bonds is 9. The van der Waals surface area contributed by atoms with E-state index in [1.807, 2.05) is 24.3 Å². The second kappa shape index (κ2) is 10.7. The van der Waals surface area contributed by atoms with Gasteiger partial charge >= 0.3 is 11.7 Å². The smallest absolute Gasteiger partial charge is 0.333 e. The summed E-state index contributed by atoms with van der Waals surface area (Å²) in [6, 6.07) is 7.52. The van der Waals surface area contributed by atoms with E-state index in [1.165, 1.54) is 42.2 Å². The van der Waals surface area contributed by atoms with Crippen LogP contribution >= 0.6 is 11.3 Å². The van der Waals surface area contributed by atoms with Gasteiger partial charge in [-0.2, -0.15) is 0 Å². The predicted octanol–water partition coefficient (Wildman–Crippen LogP) is 5.13. The summed E-state index contributed by atoms with van der Waals surface area (Å²) >= 11 is 1.22. The highest BCUT2D eigenvalue weighted by Gasteiger charge is 2.39. The molecule has 2 aliphatic rings. The first-order chi connectivity index (χ1) is 20.1. The molecule has 1 N–H and O–H groups in total. The molecular formula is C31H33N3O7S. The number of methoxy groups -OCH3 is 1. The first-order valence-corrected chi connectivity index (χ1v) is 14.8. The molecule has 1 unspecified atom stereocenters. The van der Waals surface area contributed by atoms with Gasteiger partial charge < -0.3 is 19.0 Å². The normalized spacial score (nSPS) is 20.7. The Bertz CT molecular complexity index is 1800. The van der Waals surface area contributed by atoms with Crippen LogP contribution in [0.5, 0.6) is 5.75 Å². The van der Waals surface area contributed by atoms with E-state index in [-0.39, 0.29) is 18.0 Å². The summed E-state index contributed by atoms with van der Waals surface area (Å²) in [6.07, 6.45) is 9.64. The molecule has 0 saturated heterocycles. The number of aryl methyl sites for hydroxylation is 1. The summed E-state index contributed by atoms with van der Waals surface area (Å²) in [5.74, 6) is 0.663. The number of fused-ring (bicyclic) bond motifs is 2. The van der Waals surface area contributed by atoms with Gasteiger partial charge in [-0.15, -0.1) is 11.3 Å². The van der Waals surface area contributed by atoms with Crippen LogP contribution in [0, 0.1) is 18.8 Å². The van der Waals surface area contributed by atoms with Gasteiger partial charge in [0, 0.05) is 5.56 Å². The summed E-state index contributed by atoms with van der Waals surface area (Å²) in [7, 11) is 1.59. The molecule has 0 amide bonds. The van der Waals surface area contributed by atoms with Crippen molar-refractivity contribution in [3.8, 4) is 16.5 Å². The van der Waals surface area contributed by atoms with Crippen molar-refractivity contribution < 1.29 is 23.8 Å². The highest BCUT2D eigenvalue weighted by molar-refractivity contribution is 7.22. The van der Waals surface area contributed by atoms with Crippen molar-refractivity contribution in [2.75, 3.05) is 7.11 Å². The lowest BCUT2D eigenvalue weighted by Gasteiger charge is -2.27. The Morgan fingerprint density at radius 1 is 1.26 bits per heavy atom. The van der Waals surface area contributed by atoms with Gasteiger partial charge in [0.25, 0.3) is 5.56 Å². The number of aliphatic carboxylic acids is 1. The van der Waals surface area contributed by atoms with Gasteiger partial charge in [0.15, 0.2) is 0 Å². The van der Waals surface area contributed by atoms with Crippen LogP contribution < -0.4 is 16.0 Å². The molecule has 1 fully saturated rings. The van der Waals surface area contributed by atoms with E-state index in [9.17, 15) is 19.5 Å². The third kappa shape index (κ3) is 4.60. The molecule has 11 heteroatoms. The number of hydrogen-bond donors (Lipinski definition) is 1. The molecular weight excluding hydrogens is 558 g/mol. The highest BCUT2D eigenvalue weighted by atomic mass is 32.1. The molecule has 0 spiro atoms. The molecule has 42 heavy (non-hydrogen) atoms. The second-order valence-electron chi connectivity index (χ2n) is 11.5. The first kappa shape index (κ1) is 28.2. The van der Waals surface area contributed by atoms with Crippen LogP contribution in [-0.2, 0) is 21.6 Å². The maximum Gasteiger partial charge on any atom is 0.333 e. The van der Waals surface area contributed by atoms with Gasteiger partial charge in [0.2, 0.25) is 5.89 Å². The fourth-order valence-corrected chi connectivity index (χ4v) is 7.57. The Morgan fingerprint density at radius 3 is 2.74 bits per heavy atom. The average Bonchev–Trinajstić information content (AvgIpc) is 3.75. The average molecular weight is 592 g/mol. The van der Waals surface area contributed by atoms with Crippen molar-refractivity contribution in [3.05, 3.63) is 80.8 Å². The fraction of sp³-hybridized carbons (Fsp3) is 0.419. The van der Waals surface area contributed by atoms with E-state index in [2.05, 4.69) is 17.1 Å². The van der Waals surface area contributed by atoms with Gasteiger partial charge in [-0.05, 0) is 63.5 Å². The summed E-state index contributed by atoms with van der Waals surface area (Å²) in [5, 5.41) is 10.3. The minimum atomic E-state index is -1.81. The van der Waals surface area contributed by atoms with E-state index in [0.29, 0.717) is 38.7 Å². The van der Waals surface area contributed by atoms with Gasteiger partial charge in [-0.1, -0.05) is 30.4 Å². The van der Waals surface area contributed by atoms with E-state index < -0.39 is 28.9 Å². The van der Waals surface area contributed by atoms with Gasteiger partial charge in [-0.25, -0.2) is 19.1 Å². The zero-order chi connectivity index (χ0) is 29.8. The topological polar surface area (TPSA) is 126 Å². The van der Waals surface area contributed by atoms with E-state index >= 15 is 0 Å². The number of allylic oxidation sites excluding steroid dienone is 2. The van der Waals surface area contributed by atoms with Gasteiger partial charge in [-0.3, -0.25) is 9.36 Å². The number of hydrogen-bond acceptors (Lipinski definition) is 8. The molecule has 220 valence electrons. The molecule has 3 heterocycles. The SMILES string of the molecule is COc1ccccc1C(Cn1c(=O)n(C(C)(C)C(=O)O)c(=O)c2c(C)c(-c3ncco3)sc21)O[C@H]1C[C@H]2CC=C[C@H]2C1. The van der Waals surface area contributed by atoms with Crippen molar-refractivity contribution in [2.24, 2.45) is 11.8 Å². The third-order valence-corrected chi connectivity index (χ3v) is 9.94. The Kier molecular flexibility index (Phi) is 7.18. The summed E-state index contributed by atoms with van der Waals surface area (Å²) in [4.78, 5) is 45.7. The van der Waals surface area contributed by atoms with Crippen molar-refractivity contribution in [3.63, 3.8) is 0 Å². The number of oxazole rings is 1. The Morgan fingerprint density at radius 2 is 2.05 bits per heavy atom. The number of benzene rings is 1. The number of carboxylic acid groups (broad SMARTS) is 1. The second-order valence-corrected chi connectivity index (χ2v) is 12.5. The molecule has 3 aromatic heterocycles. The lowest BCUT2D eigenvalue weighted by Crippen LogP contribution is -2.52. The number of nitrogens with zero attached hydrogens (tertiary/aromatic N) is 3. The van der Waals surface area contributed by atoms with Gasteiger partial charge in [0.1, 0.15) is 28.5 Å². The number of ether oxygens (including phenoxy) is 2. The lowest BCUT2D eigenvalue weighted by molar-refractivity contribution is -0.146. The zero-order valence-corrected chi connectivity index (χ0v) is 24.7. The molecule has 1 aromatic carbocycles. The Hall–Kier alpha value is -3.96. The Balaban J connectivity index is 1.55. The number of thiophene rings is 1. The first-order valence-electron chi connectivity index (χ1n) is 14.0. The monoisotopic (exact) mass is 591 g/mol. The Labute approximate surface area is 245 Å². The summed E-state index contributed by atoms with van der Waals surface area (Å²) < 4.78 is 20.3. The standard InChI is InChI=1S/C31H33N3O7S/c1-17-24-27(35)34(31(2,3)29(36)37)30(38)33(28(24)42-25(17)26-32-12-13-40-26)16-23(21-10-5-6-11-22(21)39-4)41-20-14-18-8-7-9-19(18)15-20/h5-8,10-13,18-20,23H,9,14-16H2,1-4H3,(H,36,37)/t18-,19+,20+,23?/m0/s1. The number of para-hydroxylation sites is 1. The molecule has 4 atom stereocenters. The maximum absolute atomic E-state index is 14.2. The number of aromatic nitrogens is 3. The zero-order valence-electron chi connectivity index (χ0n) is 23.9. The molecule has 1 saturated carbocycles. The molecule has 2 aliphatic carbocycles. The molecule has 0 bridgehead atoms. The predicted molar refractivity (Wildman–Crippen MR) is 158 cm³/mol. The van der Waals surface area contributed by atoms with Crippen LogP contribution in [-0.4, -0.2) is 38.4 Å². The summed E-state index contributed by atoms with van der Waals surface area (Å²) in [5.41, 5.74) is -1.87. The van der Waals surface area contributed by atoms with Crippen molar-refractivity contribution in [1.82, 2.24) is 14.1 Å². The van der Waals surface area contributed by atoms with Crippen LogP contribution in [0.1, 0.15) is 50.3 Å². The van der Waals surface area contributed by atoms with Crippen molar-refractivity contribution in [1.29, 1.82) is 0 Å². The van der Waals surface area contributed by atoms with Crippen LogP contribution in [0.3, 0.4) is 0 Å². The fourth-order valence-electron chi connectivity index (χ4n) is 6.33. The lowest BCUT2D eigenvalue weighted by atomic mass is 10.0. The highest BCUT2D eigenvalue weighted by Crippen LogP contribution is 2.44. The van der Waals surface area contributed by atoms with Crippen LogP contribution in [0.4, 0.5) is 0 Å². The van der Waals surface area contributed by atoms with E-state index in [1.54, 1.807) is 14.0 Å². The largest absolute Gasteiger partial charge is 0.496 e. The molecule has 0 radical (unpaired) electrons.